The van der Waals surface area contributed by atoms with E-state index in [0.717, 1.165) is 5.56 Å². The van der Waals surface area contributed by atoms with Gasteiger partial charge in [-0.3, -0.25) is 19.4 Å². The Morgan fingerprint density at radius 3 is 2.59 bits per heavy atom. The zero-order valence-electron chi connectivity index (χ0n) is 13.0. The van der Waals surface area contributed by atoms with Crippen molar-refractivity contribution in [2.24, 2.45) is 11.8 Å². The van der Waals surface area contributed by atoms with E-state index in [4.69, 9.17) is 0 Å². The molecule has 1 N–H and O–H groups in total. The Bertz CT molecular complexity index is 589. The zero-order valence-corrected chi connectivity index (χ0v) is 13.0. The molecule has 0 saturated carbocycles. The molecule has 2 heterocycles. The predicted molar refractivity (Wildman–Crippen MR) is 81.7 cm³/mol. The number of likely N-dealkylation sites (tertiary alicyclic amines) is 2. The molecule has 0 radical (unpaired) electrons. The van der Waals surface area contributed by atoms with Crippen LogP contribution in [0.5, 0.6) is 0 Å². The number of fused-ring (bicyclic) bond motifs is 1. The number of aliphatic hydroxyl groups excluding tert-OH is 1. The molecule has 2 aliphatic heterocycles. The topological polar surface area (TPSA) is 60.9 Å². The first-order valence-corrected chi connectivity index (χ1v) is 7.69. The first-order valence-electron chi connectivity index (χ1n) is 7.69. The molecule has 22 heavy (non-hydrogen) atoms. The summed E-state index contributed by atoms with van der Waals surface area (Å²) in [5.74, 6) is -0.391. The maximum atomic E-state index is 13.0. The Labute approximate surface area is 130 Å². The van der Waals surface area contributed by atoms with E-state index in [-0.39, 0.29) is 30.3 Å². The molecule has 118 valence electrons. The average molecular weight is 302 g/mol. The second-order valence-corrected chi connectivity index (χ2v) is 6.55. The van der Waals surface area contributed by atoms with Gasteiger partial charge in [-0.1, -0.05) is 30.3 Å². The lowest BCUT2D eigenvalue weighted by molar-refractivity contribution is -0.161. The van der Waals surface area contributed by atoms with Crippen LogP contribution in [0, 0.1) is 11.8 Å². The maximum Gasteiger partial charge on any atom is 0.250 e. The second-order valence-electron chi connectivity index (χ2n) is 6.55. The Balaban J connectivity index is 1.89. The standard InChI is InChI=1S/C17H22N2O3/c1-17-14(13(11-20)10-18(17)2)8-15(21)19(16(17)22)9-12-6-4-3-5-7-12/h3-7,13-14,20H,8-11H2,1-2H3/t13-,14+,17-/m0/s1. The number of aliphatic hydroxyl groups is 1. The largest absolute Gasteiger partial charge is 0.396 e. The molecule has 2 amide bonds. The van der Waals surface area contributed by atoms with Gasteiger partial charge in [-0.25, -0.2) is 0 Å². The molecule has 3 atom stereocenters. The number of amides is 2. The molecule has 0 bridgehead atoms. The summed E-state index contributed by atoms with van der Waals surface area (Å²) in [5.41, 5.74) is 0.251. The minimum Gasteiger partial charge on any atom is -0.396 e. The number of nitrogens with zero attached hydrogens (tertiary/aromatic N) is 2. The van der Waals surface area contributed by atoms with Crippen molar-refractivity contribution in [1.29, 1.82) is 0 Å². The molecule has 2 saturated heterocycles. The second kappa shape index (κ2) is 5.48. The summed E-state index contributed by atoms with van der Waals surface area (Å²) >= 11 is 0. The molecule has 5 nitrogen and oxygen atoms in total. The number of rotatable bonds is 3. The predicted octanol–water partition coefficient (Wildman–Crippen LogP) is 0.874. The Morgan fingerprint density at radius 2 is 1.95 bits per heavy atom. The lowest BCUT2D eigenvalue weighted by Crippen LogP contribution is -2.62. The van der Waals surface area contributed by atoms with Crippen molar-refractivity contribution in [2.45, 2.75) is 25.4 Å². The molecule has 0 spiro atoms. The van der Waals surface area contributed by atoms with Crippen molar-refractivity contribution in [3.8, 4) is 0 Å². The van der Waals surface area contributed by atoms with Crippen molar-refractivity contribution in [3.63, 3.8) is 0 Å². The van der Waals surface area contributed by atoms with E-state index >= 15 is 0 Å². The van der Waals surface area contributed by atoms with Crippen LogP contribution in [0.3, 0.4) is 0 Å². The zero-order chi connectivity index (χ0) is 15.9. The fourth-order valence-electron chi connectivity index (χ4n) is 3.89. The van der Waals surface area contributed by atoms with Crippen LogP contribution >= 0.6 is 0 Å². The fourth-order valence-corrected chi connectivity index (χ4v) is 3.89. The van der Waals surface area contributed by atoms with Gasteiger partial charge in [-0.2, -0.15) is 0 Å². The van der Waals surface area contributed by atoms with E-state index in [1.165, 1.54) is 4.90 Å². The number of benzene rings is 1. The van der Waals surface area contributed by atoms with Crippen LogP contribution in [-0.2, 0) is 16.1 Å². The highest BCUT2D eigenvalue weighted by atomic mass is 16.3. The summed E-state index contributed by atoms with van der Waals surface area (Å²) in [6, 6.07) is 9.56. The van der Waals surface area contributed by atoms with Crippen LogP contribution in [0.1, 0.15) is 18.9 Å². The normalized spacial score (nSPS) is 32.4. The highest BCUT2D eigenvalue weighted by molar-refractivity contribution is 6.03. The molecule has 1 aromatic carbocycles. The van der Waals surface area contributed by atoms with Gasteiger partial charge in [0.1, 0.15) is 5.54 Å². The minimum absolute atomic E-state index is 0.0122. The number of carbonyl (C=O) groups is 2. The Hall–Kier alpha value is -1.72. The van der Waals surface area contributed by atoms with Gasteiger partial charge in [0.2, 0.25) is 11.8 Å². The summed E-state index contributed by atoms with van der Waals surface area (Å²) < 4.78 is 0. The van der Waals surface area contributed by atoms with Gasteiger partial charge in [-0.15, -0.1) is 0 Å². The lowest BCUT2D eigenvalue weighted by Gasteiger charge is -2.44. The summed E-state index contributed by atoms with van der Waals surface area (Å²) in [6.07, 6.45) is 0.324. The molecular formula is C17H22N2O3. The van der Waals surface area contributed by atoms with E-state index in [2.05, 4.69) is 0 Å². The number of likely N-dealkylation sites (N-methyl/N-ethyl adjacent to an activating group) is 1. The van der Waals surface area contributed by atoms with Crippen molar-refractivity contribution >= 4 is 11.8 Å². The maximum absolute atomic E-state index is 13.0. The summed E-state index contributed by atoms with van der Waals surface area (Å²) in [5, 5.41) is 9.55. The van der Waals surface area contributed by atoms with E-state index in [1.807, 2.05) is 49.2 Å². The Kier molecular flexibility index (Phi) is 3.78. The highest BCUT2D eigenvalue weighted by Gasteiger charge is 2.59. The van der Waals surface area contributed by atoms with Crippen LogP contribution in [0.15, 0.2) is 30.3 Å². The van der Waals surface area contributed by atoms with Gasteiger partial charge in [-0.05, 0) is 19.5 Å². The number of piperidine rings is 1. The molecule has 5 heteroatoms. The third-order valence-electron chi connectivity index (χ3n) is 5.38. The van der Waals surface area contributed by atoms with Crippen LogP contribution in [0.25, 0.3) is 0 Å². The molecule has 2 fully saturated rings. The van der Waals surface area contributed by atoms with Crippen LogP contribution in [-0.4, -0.2) is 52.5 Å². The third kappa shape index (κ3) is 2.16. The average Bonchev–Trinajstić information content (AvgIpc) is 2.77. The number of carbonyl (C=O) groups excluding carboxylic acids is 2. The first-order chi connectivity index (χ1) is 10.5. The number of hydrogen-bond donors (Lipinski definition) is 1. The van der Waals surface area contributed by atoms with Gasteiger partial charge in [0.15, 0.2) is 0 Å². The summed E-state index contributed by atoms with van der Waals surface area (Å²) in [6.45, 7) is 2.89. The molecule has 0 aliphatic carbocycles. The van der Waals surface area contributed by atoms with Gasteiger partial charge in [0.25, 0.3) is 0 Å². The van der Waals surface area contributed by atoms with Crippen molar-refractivity contribution < 1.29 is 14.7 Å². The number of imide groups is 1. The number of hydrogen-bond acceptors (Lipinski definition) is 4. The van der Waals surface area contributed by atoms with Gasteiger partial charge >= 0.3 is 0 Å². The summed E-state index contributed by atoms with van der Waals surface area (Å²) in [4.78, 5) is 28.8. The molecule has 3 rings (SSSR count). The molecule has 2 aliphatic rings. The fraction of sp³-hybridized carbons (Fsp3) is 0.529. The Morgan fingerprint density at radius 1 is 1.27 bits per heavy atom. The van der Waals surface area contributed by atoms with Crippen LogP contribution in [0.2, 0.25) is 0 Å². The van der Waals surface area contributed by atoms with Crippen LogP contribution < -0.4 is 0 Å². The monoisotopic (exact) mass is 302 g/mol. The molecular weight excluding hydrogens is 280 g/mol. The molecule has 0 unspecified atom stereocenters. The van der Waals surface area contributed by atoms with E-state index in [9.17, 15) is 14.7 Å². The first kappa shape index (κ1) is 15.2. The molecule has 1 aromatic rings. The SMILES string of the molecule is CN1C[C@@H](CO)[C@H]2CC(=O)N(Cc3ccccc3)C(=O)[C@]21C. The quantitative estimate of drug-likeness (QED) is 0.842. The highest BCUT2D eigenvalue weighted by Crippen LogP contribution is 2.44. The van der Waals surface area contributed by atoms with Crippen molar-refractivity contribution in [2.75, 3.05) is 20.2 Å². The van der Waals surface area contributed by atoms with Crippen LogP contribution in [0.4, 0.5) is 0 Å². The lowest BCUT2D eigenvalue weighted by atomic mass is 9.75. The van der Waals surface area contributed by atoms with E-state index in [0.29, 0.717) is 19.5 Å². The third-order valence-corrected chi connectivity index (χ3v) is 5.38. The van der Waals surface area contributed by atoms with Gasteiger partial charge in [0, 0.05) is 31.4 Å². The van der Waals surface area contributed by atoms with Gasteiger partial charge in [0.05, 0.1) is 6.54 Å². The van der Waals surface area contributed by atoms with Gasteiger partial charge < -0.3 is 5.11 Å². The van der Waals surface area contributed by atoms with E-state index < -0.39 is 5.54 Å². The van der Waals surface area contributed by atoms with E-state index in [1.54, 1.807) is 0 Å². The summed E-state index contributed by atoms with van der Waals surface area (Å²) in [7, 11) is 1.90. The molecule has 0 aromatic heterocycles. The van der Waals surface area contributed by atoms with Crippen molar-refractivity contribution in [3.05, 3.63) is 35.9 Å². The minimum atomic E-state index is -0.698. The van der Waals surface area contributed by atoms with Crippen molar-refractivity contribution in [1.82, 2.24) is 9.80 Å². The smallest absolute Gasteiger partial charge is 0.250 e.